The molecule has 3 heterocycles. The summed E-state index contributed by atoms with van der Waals surface area (Å²) < 4.78 is 5.42. The van der Waals surface area contributed by atoms with E-state index in [9.17, 15) is 0 Å². The van der Waals surface area contributed by atoms with Crippen molar-refractivity contribution in [2.75, 3.05) is 50.0 Å². The van der Waals surface area contributed by atoms with Crippen LogP contribution in [0.4, 0.5) is 11.6 Å². The van der Waals surface area contributed by atoms with E-state index in [0.29, 0.717) is 11.9 Å². The highest BCUT2D eigenvalue weighted by atomic mass is 16.5. The largest absolute Gasteiger partial charge is 0.384 e. The Bertz CT molecular complexity index is 461. The quantitative estimate of drug-likeness (QED) is 0.869. The minimum atomic E-state index is 0.571. The molecule has 0 aromatic carbocycles. The maximum Gasteiger partial charge on any atom is 0.134 e. The normalized spacial score (nSPS) is 24.2. The number of hydrogen-bond donors (Lipinski definition) is 1. The van der Waals surface area contributed by atoms with Gasteiger partial charge in [0.15, 0.2) is 0 Å². The van der Waals surface area contributed by atoms with E-state index in [0.717, 1.165) is 57.5 Å². The Kier molecular flexibility index (Phi) is 4.03. The van der Waals surface area contributed by atoms with Gasteiger partial charge in [0.2, 0.25) is 0 Å². The fraction of sp³-hybridized carbons (Fsp3) is 0.714. The first-order valence-corrected chi connectivity index (χ1v) is 7.46. The third-order valence-corrected chi connectivity index (χ3v) is 4.14. The van der Waals surface area contributed by atoms with Crippen molar-refractivity contribution in [3.8, 4) is 0 Å². The predicted molar refractivity (Wildman–Crippen MR) is 78.8 cm³/mol. The molecule has 1 aromatic rings. The van der Waals surface area contributed by atoms with Gasteiger partial charge in [-0.25, -0.2) is 9.97 Å². The molecule has 1 aromatic heterocycles. The van der Waals surface area contributed by atoms with E-state index in [1.54, 1.807) is 0 Å². The standard InChI is InChI=1S/C14H23N5O/c1-2-13-16-12(15)9-14(17-13)19-4-3-11(10-19)18-5-7-20-8-6-18/h9,11H,2-8,10H2,1H3,(H2,15,16,17). The van der Waals surface area contributed by atoms with Gasteiger partial charge in [0.05, 0.1) is 13.2 Å². The lowest BCUT2D eigenvalue weighted by Crippen LogP contribution is -2.44. The van der Waals surface area contributed by atoms with Crippen molar-refractivity contribution in [2.24, 2.45) is 0 Å². The molecule has 3 rings (SSSR count). The van der Waals surface area contributed by atoms with Crippen molar-refractivity contribution in [1.82, 2.24) is 14.9 Å². The van der Waals surface area contributed by atoms with Gasteiger partial charge in [0.25, 0.3) is 0 Å². The second kappa shape index (κ2) is 5.93. The Hall–Kier alpha value is -1.40. The average Bonchev–Trinajstić information content (AvgIpc) is 2.97. The fourth-order valence-electron chi connectivity index (χ4n) is 3.01. The van der Waals surface area contributed by atoms with Gasteiger partial charge in [-0.05, 0) is 6.42 Å². The molecule has 20 heavy (non-hydrogen) atoms. The molecule has 6 heteroatoms. The molecule has 2 aliphatic heterocycles. The van der Waals surface area contributed by atoms with E-state index in [1.807, 2.05) is 6.07 Å². The first-order chi connectivity index (χ1) is 9.76. The van der Waals surface area contributed by atoms with E-state index in [2.05, 4.69) is 26.7 Å². The minimum Gasteiger partial charge on any atom is -0.384 e. The molecule has 0 amide bonds. The molecule has 1 atom stereocenters. The summed E-state index contributed by atoms with van der Waals surface area (Å²) in [7, 11) is 0. The topological polar surface area (TPSA) is 67.5 Å². The van der Waals surface area contributed by atoms with E-state index in [-0.39, 0.29) is 0 Å². The molecule has 2 N–H and O–H groups in total. The van der Waals surface area contributed by atoms with Crippen LogP contribution in [0.2, 0.25) is 0 Å². The maximum absolute atomic E-state index is 5.88. The Morgan fingerprint density at radius 2 is 2.10 bits per heavy atom. The summed E-state index contributed by atoms with van der Waals surface area (Å²) in [5.41, 5.74) is 5.88. The monoisotopic (exact) mass is 277 g/mol. The Morgan fingerprint density at radius 3 is 2.85 bits per heavy atom. The zero-order chi connectivity index (χ0) is 13.9. The van der Waals surface area contributed by atoms with Gasteiger partial charge in [-0.2, -0.15) is 0 Å². The maximum atomic E-state index is 5.88. The Balaban J connectivity index is 1.68. The third kappa shape index (κ3) is 2.86. The van der Waals surface area contributed by atoms with Crippen LogP contribution in [-0.4, -0.2) is 60.3 Å². The van der Waals surface area contributed by atoms with E-state index >= 15 is 0 Å². The molecular weight excluding hydrogens is 254 g/mol. The first kappa shape index (κ1) is 13.6. The van der Waals surface area contributed by atoms with Crippen molar-refractivity contribution in [3.05, 3.63) is 11.9 Å². The van der Waals surface area contributed by atoms with Crippen molar-refractivity contribution in [3.63, 3.8) is 0 Å². The molecule has 2 saturated heterocycles. The molecule has 0 radical (unpaired) electrons. The van der Waals surface area contributed by atoms with Crippen LogP contribution in [0.5, 0.6) is 0 Å². The number of nitrogens with two attached hydrogens (primary N) is 1. The lowest BCUT2D eigenvalue weighted by Gasteiger charge is -2.32. The molecule has 2 fully saturated rings. The van der Waals surface area contributed by atoms with Gasteiger partial charge in [-0.1, -0.05) is 6.92 Å². The van der Waals surface area contributed by atoms with E-state index in [1.165, 1.54) is 6.42 Å². The number of nitrogens with zero attached hydrogens (tertiary/aromatic N) is 4. The van der Waals surface area contributed by atoms with Crippen molar-refractivity contribution >= 4 is 11.6 Å². The fourth-order valence-corrected chi connectivity index (χ4v) is 3.01. The SMILES string of the molecule is CCc1nc(N)cc(N2CCC(N3CCOCC3)C2)n1. The summed E-state index contributed by atoms with van der Waals surface area (Å²) in [6, 6.07) is 2.50. The highest BCUT2D eigenvalue weighted by molar-refractivity contribution is 5.48. The summed E-state index contributed by atoms with van der Waals surface area (Å²) in [5, 5.41) is 0. The Morgan fingerprint density at radius 1 is 1.30 bits per heavy atom. The average molecular weight is 277 g/mol. The second-order valence-electron chi connectivity index (χ2n) is 5.46. The number of aromatic nitrogens is 2. The zero-order valence-electron chi connectivity index (χ0n) is 12.1. The van der Waals surface area contributed by atoms with Crippen LogP contribution in [0, 0.1) is 0 Å². The van der Waals surface area contributed by atoms with Crippen LogP contribution in [0.25, 0.3) is 0 Å². The smallest absolute Gasteiger partial charge is 0.134 e. The van der Waals surface area contributed by atoms with Gasteiger partial charge >= 0.3 is 0 Å². The van der Waals surface area contributed by atoms with Crippen molar-refractivity contribution < 1.29 is 4.74 Å². The van der Waals surface area contributed by atoms with Gasteiger partial charge in [0, 0.05) is 44.7 Å². The zero-order valence-corrected chi connectivity index (χ0v) is 12.1. The molecule has 110 valence electrons. The summed E-state index contributed by atoms with van der Waals surface area (Å²) in [6.45, 7) is 7.93. The molecule has 0 saturated carbocycles. The van der Waals surface area contributed by atoms with E-state index in [4.69, 9.17) is 10.5 Å². The third-order valence-electron chi connectivity index (χ3n) is 4.14. The van der Waals surface area contributed by atoms with Crippen molar-refractivity contribution in [2.45, 2.75) is 25.8 Å². The van der Waals surface area contributed by atoms with Crippen LogP contribution < -0.4 is 10.6 Å². The molecule has 0 spiro atoms. The number of hydrogen-bond acceptors (Lipinski definition) is 6. The summed E-state index contributed by atoms with van der Waals surface area (Å²) in [6.07, 6.45) is 2.00. The molecule has 6 nitrogen and oxygen atoms in total. The highest BCUT2D eigenvalue weighted by Gasteiger charge is 2.29. The number of ether oxygens (including phenoxy) is 1. The van der Waals surface area contributed by atoms with Crippen LogP contribution in [0.3, 0.4) is 0 Å². The van der Waals surface area contributed by atoms with Crippen LogP contribution >= 0.6 is 0 Å². The highest BCUT2D eigenvalue weighted by Crippen LogP contribution is 2.23. The van der Waals surface area contributed by atoms with Gasteiger partial charge < -0.3 is 15.4 Å². The summed E-state index contributed by atoms with van der Waals surface area (Å²) in [4.78, 5) is 13.7. The number of morpholine rings is 1. The minimum absolute atomic E-state index is 0.571. The number of rotatable bonds is 3. The molecular formula is C14H23N5O. The van der Waals surface area contributed by atoms with Crippen LogP contribution in [0.15, 0.2) is 6.07 Å². The number of anilines is 2. The first-order valence-electron chi connectivity index (χ1n) is 7.46. The summed E-state index contributed by atoms with van der Waals surface area (Å²) >= 11 is 0. The number of aryl methyl sites for hydroxylation is 1. The molecule has 2 aliphatic rings. The molecule has 1 unspecified atom stereocenters. The number of nitrogen functional groups attached to an aromatic ring is 1. The predicted octanol–water partition coefficient (Wildman–Crippen LogP) is 0.532. The molecule has 0 bridgehead atoms. The van der Waals surface area contributed by atoms with Gasteiger partial charge in [0.1, 0.15) is 17.5 Å². The van der Waals surface area contributed by atoms with Crippen LogP contribution in [0.1, 0.15) is 19.2 Å². The van der Waals surface area contributed by atoms with Gasteiger partial charge in [-0.15, -0.1) is 0 Å². The Labute approximate surface area is 119 Å². The molecule has 0 aliphatic carbocycles. The van der Waals surface area contributed by atoms with E-state index < -0.39 is 0 Å². The van der Waals surface area contributed by atoms with Gasteiger partial charge in [-0.3, -0.25) is 4.90 Å². The summed E-state index contributed by atoms with van der Waals surface area (Å²) in [5.74, 6) is 2.38. The lowest BCUT2D eigenvalue weighted by molar-refractivity contribution is 0.0209. The van der Waals surface area contributed by atoms with Crippen LogP contribution in [-0.2, 0) is 11.2 Å². The van der Waals surface area contributed by atoms with Crippen molar-refractivity contribution in [1.29, 1.82) is 0 Å². The second-order valence-corrected chi connectivity index (χ2v) is 5.46. The lowest BCUT2D eigenvalue weighted by atomic mass is 10.2.